The Hall–Kier alpha value is -0.186. The van der Waals surface area contributed by atoms with Crippen molar-refractivity contribution in [2.24, 2.45) is 0 Å². The Bertz CT molecular complexity index is 1290. The van der Waals surface area contributed by atoms with Crippen LogP contribution in [-0.2, 0) is 26.6 Å². The van der Waals surface area contributed by atoms with Gasteiger partial charge in [0.1, 0.15) is 0 Å². The van der Waals surface area contributed by atoms with Gasteiger partial charge in [-0.1, -0.05) is 45.9 Å². The van der Waals surface area contributed by atoms with E-state index in [4.69, 9.17) is 36.5 Å². The molecule has 16 heteroatoms. The van der Waals surface area contributed by atoms with Crippen LogP contribution in [0.1, 0.15) is 63.4 Å². The summed E-state index contributed by atoms with van der Waals surface area (Å²) in [7, 11) is 1.56. The Labute approximate surface area is 311 Å². The lowest BCUT2D eigenvalue weighted by Gasteiger charge is -2.31. The van der Waals surface area contributed by atoms with Gasteiger partial charge in [-0.25, -0.2) is 9.97 Å². The highest BCUT2D eigenvalue weighted by atomic mass is 33.7. The topological polar surface area (TPSA) is 81.2 Å². The fourth-order valence-corrected chi connectivity index (χ4v) is 20.6. The van der Waals surface area contributed by atoms with Crippen molar-refractivity contribution in [2.45, 2.75) is 65.5 Å². The number of rotatable bonds is 25. The van der Waals surface area contributed by atoms with E-state index in [1.807, 2.05) is 75.3 Å². The van der Waals surface area contributed by atoms with E-state index in [1.54, 1.807) is 42.3 Å². The Morgan fingerprint density at radius 3 is 1.19 bits per heavy atom. The lowest BCUT2D eigenvalue weighted by molar-refractivity contribution is 0.0691. The molecule has 2 aromatic carbocycles. The molecule has 4 rings (SSSR count). The second kappa shape index (κ2) is 21.4. The molecule has 0 bridgehead atoms. The van der Waals surface area contributed by atoms with E-state index in [-0.39, 0.29) is 11.8 Å². The lowest BCUT2D eigenvalue weighted by Crippen LogP contribution is -2.47. The fourth-order valence-electron chi connectivity index (χ4n) is 5.35. The van der Waals surface area contributed by atoms with E-state index < -0.39 is 17.6 Å². The monoisotopic (exact) mass is 804 g/mol. The second-order valence-corrected chi connectivity index (χ2v) is 24.0. The Morgan fingerprint density at radius 1 is 0.542 bits per heavy atom. The van der Waals surface area contributed by atoms with Crippen molar-refractivity contribution in [1.82, 2.24) is 9.97 Å². The number of hydrogen-bond acceptors (Lipinski definition) is 14. The van der Waals surface area contributed by atoms with Crippen molar-refractivity contribution in [3.63, 3.8) is 0 Å². The zero-order valence-corrected chi connectivity index (χ0v) is 35.5. The summed E-state index contributed by atoms with van der Waals surface area (Å²) in [5, 5.41) is 2.22. The van der Waals surface area contributed by atoms with Gasteiger partial charge in [-0.15, -0.1) is 22.7 Å². The first-order chi connectivity index (χ1) is 23.4. The molecule has 2 heterocycles. The molecule has 4 aromatic rings. The molecule has 2 aromatic heterocycles. The number of nitrogens with zero attached hydrogens (tertiary/aromatic N) is 2. The maximum atomic E-state index is 6.28. The van der Waals surface area contributed by atoms with Crippen LogP contribution in [0.2, 0.25) is 12.1 Å². The third-order valence-electron chi connectivity index (χ3n) is 7.16. The highest BCUT2D eigenvalue weighted by Crippen LogP contribution is 2.48. The average Bonchev–Trinajstić information content (AvgIpc) is 3.71. The summed E-state index contributed by atoms with van der Waals surface area (Å²) < 4.78 is 40.1. The van der Waals surface area contributed by atoms with E-state index in [0.717, 1.165) is 32.6 Å². The standard InChI is InChI=1S/C32H48N2O6S6Si2/c1-7-35-47(36-8-2,37-9-3)23-25(31-33-27-17-13-15-19-29(27)43-31)21-41-45-46-42-22-26(24-48(38-10-4,39-11-5)40-12-6)32-34-28-18-14-16-20-30(28)44-32/h13-20,25-26H,7-12,21-24H2,1-6H3. The van der Waals surface area contributed by atoms with Gasteiger partial charge in [0.25, 0.3) is 0 Å². The first-order valence-electron chi connectivity index (χ1n) is 16.6. The summed E-state index contributed by atoms with van der Waals surface area (Å²) in [5.41, 5.74) is 2.07. The highest BCUT2D eigenvalue weighted by Gasteiger charge is 2.45. The third kappa shape index (κ3) is 11.7. The van der Waals surface area contributed by atoms with E-state index in [1.165, 1.54) is 9.40 Å². The van der Waals surface area contributed by atoms with Crippen LogP contribution in [0.25, 0.3) is 20.4 Å². The van der Waals surface area contributed by atoms with Crippen molar-refractivity contribution < 1.29 is 26.6 Å². The van der Waals surface area contributed by atoms with Gasteiger partial charge in [0, 0.05) is 75.1 Å². The number of aromatic nitrogens is 2. The summed E-state index contributed by atoms with van der Waals surface area (Å²) in [6.45, 7) is 15.4. The van der Waals surface area contributed by atoms with Crippen LogP contribution in [0.3, 0.4) is 0 Å². The first-order valence-corrected chi connectivity index (χ1v) is 27.2. The van der Waals surface area contributed by atoms with Crippen LogP contribution < -0.4 is 0 Å². The van der Waals surface area contributed by atoms with E-state index in [9.17, 15) is 0 Å². The van der Waals surface area contributed by atoms with Gasteiger partial charge < -0.3 is 26.6 Å². The summed E-state index contributed by atoms with van der Waals surface area (Å²) in [4.78, 5) is 10.1. The van der Waals surface area contributed by atoms with E-state index >= 15 is 0 Å². The van der Waals surface area contributed by atoms with Crippen molar-refractivity contribution in [2.75, 3.05) is 51.1 Å². The van der Waals surface area contributed by atoms with Crippen molar-refractivity contribution in [1.29, 1.82) is 0 Å². The molecule has 2 atom stereocenters. The highest BCUT2D eigenvalue weighted by molar-refractivity contribution is 9.26. The first kappa shape index (κ1) is 40.6. The quantitative estimate of drug-likeness (QED) is 0.0363. The summed E-state index contributed by atoms with van der Waals surface area (Å²) in [6.07, 6.45) is 0. The SMILES string of the molecule is CCO[Si](CC(CSSSSCC(C[Si](OCC)(OCC)OCC)c1nc2ccccc2s1)c1nc2ccccc2s1)(OCC)OCC. The van der Waals surface area contributed by atoms with Crippen molar-refractivity contribution >= 4 is 102 Å². The number of fused-ring (bicyclic) bond motifs is 2. The smallest absolute Gasteiger partial charge is 0.374 e. The molecule has 0 aliphatic heterocycles. The van der Waals surface area contributed by atoms with Crippen molar-refractivity contribution in [3.05, 3.63) is 58.5 Å². The molecule has 0 saturated heterocycles. The number of hydrogen-bond donors (Lipinski definition) is 0. The molecule has 266 valence electrons. The predicted molar refractivity (Wildman–Crippen MR) is 216 cm³/mol. The predicted octanol–water partition coefficient (Wildman–Crippen LogP) is 10.5. The Morgan fingerprint density at radius 2 is 0.875 bits per heavy atom. The second-order valence-electron chi connectivity index (χ2n) is 10.5. The van der Waals surface area contributed by atoms with Crippen LogP contribution in [0, 0.1) is 0 Å². The normalized spacial score (nSPS) is 13.9. The molecule has 48 heavy (non-hydrogen) atoms. The maximum absolute atomic E-state index is 6.28. The molecule has 0 aliphatic rings. The minimum absolute atomic E-state index is 0.146. The van der Waals surface area contributed by atoms with Crippen molar-refractivity contribution in [3.8, 4) is 0 Å². The third-order valence-corrected chi connectivity index (χ3v) is 22.5. The van der Waals surface area contributed by atoms with Gasteiger partial charge in [-0.2, -0.15) is 0 Å². The van der Waals surface area contributed by atoms with Gasteiger partial charge in [0.15, 0.2) is 0 Å². The zero-order valence-electron chi connectivity index (χ0n) is 28.6. The molecular weight excluding hydrogens is 757 g/mol. The van der Waals surface area contributed by atoms with E-state index in [2.05, 4.69) is 36.4 Å². The van der Waals surface area contributed by atoms with Crippen LogP contribution in [0.4, 0.5) is 0 Å². The molecule has 0 aliphatic carbocycles. The van der Waals surface area contributed by atoms with Crippen LogP contribution in [0.15, 0.2) is 48.5 Å². The zero-order chi connectivity index (χ0) is 34.2. The lowest BCUT2D eigenvalue weighted by atomic mass is 10.2. The van der Waals surface area contributed by atoms with Gasteiger partial charge in [0.2, 0.25) is 0 Å². The Kier molecular flexibility index (Phi) is 18.1. The fraction of sp³-hybridized carbons (Fsp3) is 0.562. The molecule has 2 unspecified atom stereocenters. The van der Waals surface area contributed by atoms with E-state index in [0.29, 0.717) is 51.7 Å². The minimum atomic E-state index is -2.88. The van der Waals surface area contributed by atoms with Gasteiger partial charge in [-0.3, -0.25) is 0 Å². The molecule has 0 fully saturated rings. The Balaban J connectivity index is 1.45. The van der Waals surface area contributed by atoms with Crippen LogP contribution in [-0.4, -0.2) is 78.7 Å². The van der Waals surface area contributed by atoms with Crippen LogP contribution in [0.5, 0.6) is 0 Å². The molecule has 0 spiro atoms. The molecule has 0 radical (unpaired) electrons. The molecule has 0 amide bonds. The minimum Gasteiger partial charge on any atom is -0.374 e. The summed E-state index contributed by atoms with van der Waals surface area (Å²) >= 11 is 3.52. The average molecular weight is 805 g/mol. The molecular formula is C32H48N2O6S6Si2. The molecule has 0 N–H and O–H groups in total. The van der Waals surface area contributed by atoms with Crippen LogP contribution >= 0.6 is 63.9 Å². The number of benzene rings is 2. The number of para-hydroxylation sites is 2. The summed E-state index contributed by atoms with van der Waals surface area (Å²) in [6, 6.07) is 18.1. The van der Waals surface area contributed by atoms with Gasteiger partial charge in [0.05, 0.1) is 30.4 Å². The molecule has 0 saturated carbocycles. The molecule has 8 nitrogen and oxygen atoms in total. The summed E-state index contributed by atoms with van der Waals surface area (Å²) in [5.74, 6) is 2.03. The number of thiazole rings is 2. The van der Waals surface area contributed by atoms with Gasteiger partial charge in [-0.05, 0) is 85.5 Å². The largest absolute Gasteiger partial charge is 0.501 e. The van der Waals surface area contributed by atoms with Gasteiger partial charge >= 0.3 is 17.6 Å². The maximum Gasteiger partial charge on any atom is 0.501 e.